The van der Waals surface area contributed by atoms with Crippen LogP contribution in [0.5, 0.6) is 0 Å². The zero-order valence-corrected chi connectivity index (χ0v) is 13.6. The van der Waals surface area contributed by atoms with Gasteiger partial charge in [-0.15, -0.1) is 0 Å². The fraction of sp³-hybridized carbons (Fsp3) is 0.267. The second-order valence-electron chi connectivity index (χ2n) is 5.30. The smallest absolute Gasteiger partial charge is 0.319 e. The molecule has 0 saturated carbocycles. The summed E-state index contributed by atoms with van der Waals surface area (Å²) in [5.74, 6) is -0.241. The number of carbonyl (C=O) groups is 2. The summed E-state index contributed by atoms with van der Waals surface area (Å²) < 4.78 is 2.54. The Morgan fingerprint density at radius 1 is 1.23 bits per heavy atom. The number of hydrogen-bond donors (Lipinski definition) is 1. The zero-order chi connectivity index (χ0) is 15.7. The van der Waals surface area contributed by atoms with E-state index < -0.39 is 5.54 Å². The summed E-state index contributed by atoms with van der Waals surface area (Å²) >= 11 is 3.31. The third-order valence-electron chi connectivity index (χ3n) is 3.78. The molecule has 1 aromatic heterocycles. The van der Waals surface area contributed by atoms with E-state index in [0.29, 0.717) is 6.54 Å². The molecule has 1 aromatic carbocycles. The molecule has 0 aliphatic carbocycles. The average molecular weight is 363 g/mol. The first-order valence-corrected chi connectivity index (χ1v) is 7.67. The van der Waals surface area contributed by atoms with Crippen molar-refractivity contribution >= 4 is 27.9 Å². The van der Waals surface area contributed by atoms with Gasteiger partial charge in [0.25, 0.3) is 5.91 Å². The van der Waals surface area contributed by atoms with Crippen molar-refractivity contribution in [3.63, 3.8) is 0 Å². The monoisotopic (exact) mass is 362 g/mol. The largest absolute Gasteiger partial charge is 0.325 e. The molecule has 7 heteroatoms. The third-order valence-corrected chi connectivity index (χ3v) is 4.19. The molecular formula is C15H15BrN4O2. The molecule has 2 heterocycles. The number of imide groups is 1. The highest BCUT2D eigenvalue weighted by Gasteiger charge is 2.48. The Bertz CT molecular complexity index is 715. The van der Waals surface area contributed by atoms with Crippen LogP contribution in [0, 0.1) is 0 Å². The van der Waals surface area contributed by atoms with E-state index in [4.69, 9.17) is 0 Å². The molecular weight excluding hydrogens is 348 g/mol. The first kappa shape index (κ1) is 14.8. The molecule has 3 rings (SSSR count). The highest BCUT2D eigenvalue weighted by Crippen LogP contribution is 2.28. The molecule has 6 nitrogen and oxygen atoms in total. The lowest BCUT2D eigenvalue weighted by Crippen LogP contribution is -2.41. The Hall–Kier alpha value is -2.15. The molecule has 22 heavy (non-hydrogen) atoms. The van der Waals surface area contributed by atoms with Crippen molar-refractivity contribution in [1.82, 2.24) is 20.0 Å². The number of urea groups is 1. The van der Waals surface area contributed by atoms with Crippen LogP contribution in [-0.4, -0.2) is 33.2 Å². The maximum Gasteiger partial charge on any atom is 0.325 e. The number of aromatic nitrogens is 2. The van der Waals surface area contributed by atoms with Gasteiger partial charge in [-0.3, -0.25) is 14.4 Å². The minimum Gasteiger partial charge on any atom is -0.319 e. The summed E-state index contributed by atoms with van der Waals surface area (Å²) in [6.07, 6.45) is 3.47. The second-order valence-corrected chi connectivity index (χ2v) is 6.22. The Morgan fingerprint density at radius 3 is 2.59 bits per heavy atom. The number of nitrogens with one attached hydrogen (secondary N) is 1. The van der Waals surface area contributed by atoms with Gasteiger partial charge < -0.3 is 5.32 Å². The van der Waals surface area contributed by atoms with Crippen LogP contribution >= 0.6 is 15.9 Å². The van der Waals surface area contributed by atoms with Gasteiger partial charge in [0.05, 0.1) is 23.8 Å². The standard InChI is InChI=1S/C15H15BrN4O2/c1-15(11-5-3-2-4-6-11)13(21)20(14(22)18-15)8-7-19-10-12(16)9-17-19/h2-6,9-10H,7-8H2,1H3,(H,18,22). The molecule has 1 aliphatic heterocycles. The lowest BCUT2D eigenvalue weighted by Gasteiger charge is -2.22. The van der Waals surface area contributed by atoms with E-state index in [2.05, 4.69) is 26.3 Å². The fourth-order valence-corrected chi connectivity index (χ4v) is 2.86. The molecule has 1 fully saturated rings. The lowest BCUT2D eigenvalue weighted by atomic mass is 9.92. The van der Waals surface area contributed by atoms with Gasteiger partial charge in [-0.05, 0) is 28.4 Å². The van der Waals surface area contributed by atoms with Crippen LogP contribution in [0.3, 0.4) is 0 Å². The van der Waals surface area contributed by atoms with Crippen molar-refractivity contribution in [2.45, 2.75) is 19.0 Å². The number of benzene rings is 1. The van der Waals surface area contributed by atoms with E-state index in [1.54, 1.807) is 24.0 Å². The summed E-state index contributed by atoms with van der Waals surface area (Å²) in [5, 5.41) is 6.91. The fourth-order valence-electron chi connectivity index (χ4n) is 2.53. The summed E-state index contributed by atoms with van der Waals surface area (Å²) in [7, 11) is 0. The van der Waals surface area contributed by atoms with E-state index in [1.807, 2.05) is 30.3 Å². The van der Waals surface area contributed by atoms with Gasteiger partial charge in [-0.25, -0.2) is 4.79 Å². The van der Waals surface area contributed by atoms with E-state index in [9.17, 15) is 9.59 Å². The maximum absolute atomic E-state index is 12.7. The molecule has 2 aromatic rings. The molecule has 0 bridgehead atoms. The van der Waals surface area contributed by atoms with Crippen LogP contribution in [0.4, 0.5) is 4.79 Å². The van der Waals surface area contributed by atoms with Gasteiger partial charge in [0, 0.05) is 6.20 Å². The van der Waals surface area contributed by atoms with Crippen molar-refractivity contribution in [3.8, 4) is 0 Å². The third kappa shape index (κ3) is 2.52. The van der Waals surface area contributed by atoms with Gasteiger partial charge in [0.2, 0.25) is 0 Å². The van der Waals surface area contributed by atoms with E-state index in [0.717, 1.165) is 10.0 Å². The van der Waals surface area contributed by atoms with Crippen LogP contribution < -0.4 is 5.32 Å². The first-order valence-electron chi connectivity index (χ1n) is 6.88. The molecule has 1 N–H and O–H groups in total. The Morgan fingerprint density at radius 2 is 1.95 bits per heavy atom. The zero-order valence-electron chi connectivity index (χ0n) is 12.0. The molecule has 0 radical (unpaired) electrons. The summed E-state index contributed by atoms with van der Waals surface area (Å²) in [6, 6.07) is 8.89. The van der Waals surface area contributed by atoms with Gasteiger partial charge in [-0.1, -0.05) is 30.3 Å². The molecule has 3 amide bonds. The Kier molecular flexibility index (Phi) is 3.74. The number of nitrogens with zero attached hydrogens (tertiary/aromatic N) is 3. The Balaban J connectivity index is 1.77. The highest BCUT2D eigenvalue weighted by atomic mass is 79.9. The molecule has 114 valence electrons. The SMILES string of the molecule is CC1(c2ccccc2)NC(=O)N(CCn2cc(Br)cn2)C1=O. The van der Waals surface area contributed by atoms with Gasteiger partial charge in [0.15, 0.2) is 0 Å². The highest BCUT2D eigenvalue weighted by molar-refractivity contribution is 9.10. The van der Waals surface area contributed by atoms with Crippen LogP contribution in [0.2, 0.25) is 0 Å². The molecule has 1 aliphatic rings. The van der Waals surface area contributed by atoms with Crippen molar-refractivity contribution < 1.29 is 9.59 Å². The summed E-state index contributed by atoms with van der Waals surface area (Å²) in [6.45, 7) is 2.46. The van der Waals surface area contributed by atoms with Crippen LogP contribution in [-0.2, 0) is 16.9 Å². The Labute approximate surface area is 136 Å². The quantitative estimate of drug-likeness (QED) is 0.847. The molecule has 0 spiro atoms. The number of amides is 3. The summed E-state index contributed by atoms with van der Waals surface area (Å²) in [5.41, 5.74) is -0.235. The lowest BCUT2D eigenvalue weighted by molar-refractivity contribution is -0.131. The minimum atomic E-state index is -1.01. The predicted molar refractivity (Wildman–Crippen MR) is 84.0 cm³/mol. The predicted octanol–water partition coefficient (Wildman–Crippen LogP) is 2.11. The number of hydrogen-bond acceptors (Lipinski definition) is 3. The molecule has 1 atom stereocenters. The molecule has 1 saturated heterocycles. The van der Waals surface area contributed by atoms with E-state index >= 15 is 0 Å². The summed E-state index contributed by atoms with van der Waals surface area (Å²) in [4.78, 5) is 26.1. The van der Waals surface area contributed by atoms with Crippen molar-refractivity contribution in [2.24, 2.45) is 0 Å². The minimum absolute atomic E-state index is 0.241. The number of halogens is 1. The molecule has 1 unspecified atom stereocenters. The maximum atomic E-state index is 12.7. The van der Waals surface area contributed by atoms with Crippen LogP contribution in [0.15, 0.2) is 47.2 Å². The first-order chi connectivity index (χ1) is 10.5. The topological polar surface area (TPSA) is 67.2 Å². The van der Waals surface area contributed by atoms with E-state index in [1.165, 1.54) is 4.90 Å². The van der Waals surface area contributed by atoms with Crippen LogP contribution in [0.25, 0.3) is 0 Å². The van der Waals surface area contributed by atoms with Gasteiger partial charge in [0.1, 0.15) is 5.54 Å². The van der Waals surface area contributed by atoms with Gasteiger partial charge >= 0.3 is 6.03 Å². The van der Waals surface area contributed by atoms with E-state index in [-0.39, 0.29) is 18.5 Å². The van der Waals surface area contributed by atoms with Crippen molar-refractivity contribution in [1.29, 1.82) is 0 Å². The van der Waals surface area contributed by atoms with Crippen molar-refractivity contribution in [2.75, 3.05) is 6.54 Å². The second kappa shape index (κ2) is 5.57. The number of carbonyl (C=O) groups excluding carboxylic acids is 2. The van der Waals surface area contributed by atoms with Crippen molar-refractivity contribution in [3.05, 3.63) is 52.8 Å². The van der Waals surface area contributed by atoms with Gasteiger partial charge in [-0.2, -0.15) is 5.10 Å². The normalized spacial score (nSPS) is 21.3. The van der Waals surface area contributed by atoms with Crippen LogP contribution in [0.1, 0.15) is 12.5 Å². The number of rotatable bonds is 4. The average Bonchev–Trinajstić information content (AvgIpc) is 3.02.